The molecule has 182 valence electrons. The van der Waals surface area contributed by atoms with E-state index in [2.05, 4.69) is 35.6 Å². The molecule has 4 rings (SSSR count). The predicted octanol–water partition coefficient (Wildman–Crippen LogP) is 3.46. The van der Waals surface area contributed by atoms with Crippen molar-refractivity contribution in [3.8, 4) is 11.3 Å². The lowest BCUT2D eigenvalue weighted by molar-refractivity contribution is 0.0960. The topological polar surface area (TPSA) is 115 Å². The average Bonchev–Trinajstić information content (AvgIpc) is 2.87. The zero-order valence-corrected chi connectivity index (χ0v) is 20.5. The number of ether oxygens (including phenoxy) is 1. The van der Waals surface area contributed by atoms with Crippen LogP contribution >= 0.6 is 13.5 Å². The highest BCUT2D eigenvalue weighted by molar-refractivity contribution is 7.59. The van der Waals surface area contributed by atoms with Gasteiger partial charge in [-0.15, -0.1) is 0 Å². The lowest BCUT2D eigenvalue weighted by Gasteiger charge is -2.17. The second-order valence-electron chi connectivity index (χ2n) is 7.70. The number of carbonyl (C=O) groups excluding carboxylic acids is 1. The van der Waals surface area contributed by atoms with Gasteiger partial charge < -0.3 is 15.4 Å². The number of rotatable bonds is 8. The Kier molecular flexibility index (Phi) is 8.61. The molecule has 0 aliphatic carbocycles. The van der Waals surface area contributed by atoms with Gasteiger partial charge in [0.15, 0.2) is 11.6 Å². The fourth-order valence-corrected chi connectivity index (χ4v) is 3.65. The molecule has 0 unspecified atom stereocenters. The van der Waals surface area contributed by atoms with E-state index in [-0.39, 0.29) is 25.0 Å². The minimum atomic E-state index is -0.650. The number of carbonyl (C=O) groups is 1. The third kappa shape index (κ3) is 5.69. The predicted molar refractivity (Wildman–Crippen MR) is 136 cm³/mol. The number of aromatic nitrogens is 5. The SMILES string of the molecule is CNC(=O)c1c(F)cnc2c([C@H](C)CNc3cc(-c4cnc(COC)nc4)ncn3)cccc12.S. The molecule has 2 N–H and O–H groups in total. The van der Waals surface area contributed by atoms with Gasteiger partial charge in [-0.25, -0.2) is 24.3 Å². The number of nitrogens with one attached hydrogen (secondary N) is 2. The molecule has 4 aromatic rings. The van der Waals surface area contributed by atoms with Crippen LogP contribution in [0.4, 0.5) is 10.2 Å². The number of hydrogen-bond acceptors (Lipinski definition) is 8. The summed E-state index contributed by atoms with van der Waals surface area (Å²) in [6.45, 7) is 2.90. The molecule has 1 aromatic carbocycles. The standard InChI is InChI=1S/C24H24FN7O2.H2S/c1-14(16-5-4-6-17-22(24(33)26-2)18(25)11-30-23(16)17)8-27-20-7-19(31-13-32-20)15-9-28-21(12-34-3)29-10-15;/h4-7,9-11,13-14H,8,12H2,1-3H3,(H,26,33)(H,27,31,32);1H2/t14-;/m1./s1. The zero-order chi connectivity index (χ0) is 24.1. The lowest BCUT2D eigenvalue weighted by Crippen LogP contribution is -2.20. The van der Waals surface area contributed by atoms with Crippen LogP contribution in [0.5, 0.6) is 0 Å². The van der Waals surface area contributed by atoms with Crippen molar-refractivity contribution in [1.82, 2.24) is 30.2 Å². The highest BCUT2D eigenvalue weighted by Gasteiger charge is 2.19. The Labute approximate surface area is 209 Å². The second-order valence-corrected chi connectivity index (χ2v) is 7.70. The molecule has 0 aliphatic heterocycles. The normalized spacial score (nSPS) is 11.5. The zero-order valence-electron chi connectivity index (χ0n) is 19.5. The van der Waals surface area contributed by atoms with E-state index >= 15 is 0 Å². The molecule has 3 heterocycles. The smallest absolute Gasteiger partial charge is 0.254 e. The van der Waals surface area contributed by atoms with Crippen molar-refractivity contribution in [2.75, 3.05) is 26.0 Å². The molecule has 0 saturated carbocycles. The first kappa shape index (κ1) is 25.9. The van der Waals surface area contributed by atoms with E-state index in [1.165, 1.54) is 13.4 Å². The van der Waals surface area contributed by atoms with Crippen LogP contribution in [-0.2, 0) is 11.3 Å². The fourth-order valence-electron chi connectivity index (χ4n) is 3.65. The molecule has 3 aromatic heterocycles. The highest BCUT2D eigenvalue weighted by Crippen LogP contribution is 2.28. The van der Waals surface area contributed by atoms with Crippen LogP contribution in [0.25, 0.3) is 22.2 Å². The largest absolute Gasteiger partial charge is 0.377 e. The number of hydrogen-bond donors (Lipinski definition) is 2. The van der Waals surface area contributed by atoms with Crippen LogP contribution in [0.15, 0.2) is 49.2 Å². The van der Waals surface area contributed by atoms with E-state index in [4.69, 9.17) is 4.74 Å². The number of halogens is 1. The minimum Gasteiger partial charge on any atom is -0.377 e. The van der Waals surface area contributed by atoms with Crippen LogP contribution in [0.2, 0.25) is 0 Å². The molecule has 0 spiro atoms. The van der Waals surface area contributed by atoms with E-state index in [1.807, 2.05) is 19.1 Å². The average molecular weight is 496 g/mol. The van der Waals surface area contributed by atoms with Gasteiger partial charge >= 0.3 is 0 Å². The monoisotopic (exact) mass is 495 g/mol. The third-order valence-corrected chi connectivity index (χ3v) is 5.40. The van der Waals surface area contributed by atoms with Crippen molar-refractivity contribution in [3.63, 3.8) is 0 Å². The van der Waals surface area contributed by atoms with Gasteiger partial charge in [0.1, 0.15) is 18.8 Å². The Morgan fingerprint density at radius 2 is 1.89 bits per heavy atom. The summed E-state index contributed by atoms with van der Waals surface area (Å²) in [6, 6.07) is 7.26. The summed E-state index contributed by atoms with van der Waals surface area (Å²) < 4.78 is 19.4. The summed E-state index contributed by atoms with van der Waals surface area (Å²) in [5.41, 5.74) is 2.93. The van der Waals surface area contributed by atoms with Crippen LogP contribution in [0.1, 0.15) is 34.6 Å². The van der Waals surface area contributed by atoms with Crippen LogP contribution in [-0.4, -0.2) is 51.5 Å². The summed E-state index contributed by atoms with van der Waals surface area (Å²) >= 11 is 0. The van der Waals surface area contributed by atoms with Gasteiger partial charge in [0, 0.05) is 56.0 Å². The van der Waals surface area contributed by atoms with E-state index in [0.29, 0.717) is 41.4 Å². The van der Waals surface area contributed by atoms with E-state index in [0.717, 1.165) is 17.3 Å². The van der Waals surface area contributed by atoms with Gasteiger partial charge in [-0.05, 0) is 5.56 Å². The van der Waals surface area contributed by atoms with Gasteiger partial charge in [-0.3, -0.25) is 9.78 Å². The van der Waals surface area contributed by atoms with Crippen molar-refractivity contribution in [2.24, 2.45) is 0 Å². The minimum absolute atomic E-state index is 0. The van der Waals surface area contributed by atoms with Crippen molar-refractivity contribution >= 4 is 36.1 Å². The Bertz CT molecular complexity index is 1320. The Balaban J connectivity index is 0.00000342. The lowest BCUT2D eigenvalue weighted by atomic mass is 9.96. The summed E-state index contributed by atoms with van der Waals surface area (Å²) in [6.07, 6.45) is 5.96. The molecule has 0 aliphatic rings. The maximum absolute atomic E-state index is 14.3. The Hall–Kier alpha value is -3.70. The summed E-state index contributed by atoms with van der Waals surface area (Å²) in [5, 5.41) is 6.28. The third-order valence-electron chi connectivity index (χ3n) is 5.40. The van der Waals surface area contributed by atoms with Crippen molar-refractivity contribution in [1.29, 1.82) is 0 Å². The van der Waals surface area contributed by atoms with Crippen molar-refractivity contribution in [3.05, 3.63) is 72.0 Å². The van der Waals surface area contributed by atoms with Crippen molar-refractivity contribution < 1.29 is 13.9 Å². The number of benzene rings is 1. The van der Waals surface area contributed by atoms with Gasteiger partial charge in [0.25, 0.3) is 5.91 Å². The summed E-state index contributed by atoms with van der Waals surface area (Å²) in [4.78, 5) is 33.6. The summed E-state index contributed by atoms with van der Waals surface area (Å²) in [7, 11) is 3.06. The van der Waals surface area contributed by atoms with Gasteiger partial charge in [-0.2, -0.15) is 13.5 Å². The van der Waals surface area contributed by atoms with E-state index in [9.17, 15) is 9.18 Å². The maximum atomic E-state index is 14.3. The van der Waals surface area contributed by atoms with E-state index < -0.39 is 11.7 Å². The second kappa shape index (κ2) is 11.6. The number of amides is 1. The van der Waals surface area contributed by atoms with Gasteiger partial charge in [0.2, 0.25) is 0 Å². The molecule has 0 fully saturated rings. The molecular formula is C24H26FN7O2S. The first-order chi connectivity index (χ1) is 16.5. The first-order valence-electron chi connectivity index (χ1n) is 10.7. The Morgan fingerprint density at radius 1 is 1.11 bits per heavy atom. The molecule has 0 bridgehead atoms. The maximum Gasteiger partial charge on any atom is 0.254 e. The van der Waals surface area contributed by atoms with Crippen molar-refractivity contribution in [2.45, 2.75) is 19.4 Å². The molecular weight excluding hydrogens is 469 g/mol. The fraction of sp³-hybridized carbons (Fsp3) is 0.250. The number of pyridine rings is 1. The number of methoxy groups -OCH3 is 1. The summed E-state index contributed by atoms with van der Waals surface area (Å²) in [5.74, 6) is 0.0936. The molecule has 1 amide bonds. The molecule has 9 nitrogen and oxygen atoms in total. The van der Waals surface area contributed by atoms with Crippen LogP contribution in [0, 0.1) is 5.82 Å². The number of para-hydroxylation sites is 1. The molecule has 0 saturated heterocycles. The van der Waals surface area contributed by atoms with E-state index in [1.54, 1.807) is 31.6 Å². The first-order valence-corrected chi connectivity index (χ1v) is 10.7. The van der Waals surface area contributed by atoms with Crippen LogP contribution in [0.3, 0.4) is 0 Å². The highest BCUT2D eigenvalue weighted by atomic mass is 32.1. The van der Waals surface area contributed by atoms with Gasteiger partial charge in [-0.1, -0.05) is 25.1 Å². The van der Waals surface area contributed by atoms with Gasteiger partial charge in [0.05, 0.1) is 23.0 Å². The number of anilines is 1. The quantitative estimate of drug-likeness (QED) is 0.382. The molecule has 1 atom stereocenters. The number of fused-ring (bicyclic) bond motifs is 1. The molecule has 11 heteroatoms. The molecule has 0 radical (unpaired) electrons. The Morgan fingerprint density at radius 3 is 2.60 bits per heavy atom. The van der Waals surface area contributed by atoms with Crippen LogP contribution < -0.4 is 10.6 Å². The molecule has 35 heavy (non-hydrogen) atoms. The number of nitrogens with zero attached hydrogens (tertiary/aromatic N) is 5.